The molecule has 0 bridgehead atoms. The van der Waals surface area contributed by atoms with E-state index < -0.39 is 59.3 Å². The summed E-state index contributed by atoms with van der Waals surface area (Å²) >= 11 is 0. The van der Waals surface area contributed by atoms with Gasteiger partial charge in [0.25, 0.3) is 5.91 Å². The Kier molecular flexibility index (Phi) is 7.47. The normalized spacial score (nSPS) is 20.9. The standard InChI is InChI=1S/C33H35F4N3O2/c1-20-12-15-25(19-27(20)33(35,36)37)39-31(41)26-10-6-18-40(32(42)29-21(2)7-5-11-28(29)34)30(26)22-13-16-24(17-14-22)38-23-8-3-4-9-23/h5,7,11-17,19,23,26,30,38H,3-4,6,8-10,18H2,1-2H3,(H,39,41)/t26-,30-/m0/s1/i2D3. The fourth-order valence-electron chi connectivity index (χ4n) is 6.12. The summed E-state index contributed by atoms with van der Waals surface area (Å²) in [6.45, 7) is -1.33. The van der Waals surface area contributed by atoms with Crippen LogP contribution in [-0.2, 0) is 11.0 Å². The first kappa shape index (κ1) is 25.8. The van der Waals surface area contributed by atoms with Crippen molar-refractivity contribution in [3.63, 3.8) is 0 Å². The molecule has 1 aliphatic carbocycles. The van der Waals surface area contributed by atoms with Gasteiger partial charge in [0.1, 0.15) is 5.82 Å². The third-order valence-electron chi connectivity index (χ3n) is 8.24. The average Bonchev–Trinajstić information content (AvgIpc) is 3.50. The van der Waals surface area contributed by atoms with Crippen LogP contribution in [0, 0.1) is 25.5 Å². The van der Waals surface area contributed by atoms with E-state index in [9.17, 15) is 22.8 Å². The van der Waals surface area contributed by atoms with Crippen LogP contribution < -0.4 is 10.6 Å². The van der Waals surface area contributed by atoms with E-state index in [1.54, 1.807) is 12.1 Å². The highest BCUT2D eigenvalue weighted by Crippen LogP contribution is 2.40. The number of likely N-dealkylation sites (tertiary alicyclic amines) is 1. The maximum Gasteiger partial charge on any atom is 0.416 e. The van der Waals surface area contributed by atoms with Crippen LogP contribution in [-0.4, -0.2) is 29.3 Å². The van der Waals surface area contributed by atoms with E-state index in [1.807, 2.05) is 12.1 Å². The van der Waals surface area contributed by atoms with Crippen LogP contribution in [0.3, 0.4) is 0 Å². The Morgan fingerprint density at radius 3 is 2.33 bits per heavy atom. The minimum absolute atomic E-state index is 0.00839. The number of rotatable bonds is 6. The van der Waals surface area contributed by atoms with Crippen molar-refractivity contribution in [1.29, 1.82) is 0 Å². The molecule has 3 aromatic rings. The molecular formula is C33H35F4N3O2. The molecule has 2 amide bonds. The summed E-state index contributed by atoms with van der Waals surface area (Å²) in [5.41, 5.74) is -0.515. The first-order valence-electron chi connectivity index (χ1n) is 15.7. The second-order valence-corrected chi connectivity index (χ2v) is 11.1. The number of hydrogen-bond donors (Lipinski definition) is 2. The van der Waals surface area contributed by atoms with Crippen molar-refractivity contribution in [3.8, 4) is 0 Å². The van der Waals surface area contributed by atoms with E-state index in [0.717, 1.165) is 43.5 Å². The number of alkyl halides is 3. The van der Waals surface area contributed by atoms with Gasteiger partial charge in [0.2, 0.25) is 5.91 Å². The van der Waals surface area contributed by atoms with Crippen molar-refractivity contribution in [3.05, 3.63) is 94.3 Å². The van der Waals surface area contributed by atoms with Crippen LogP contribution in [0.15, 0.2) is 60.7 Å². The summed E-state index contributed by atoms with van der Waals surface area (Å²) < 4.78 is 79.6. The molecule has 1 heterocycles. The highest BCUT2D eigenvalue weighted by atomic mass is 19.4. The van der Waals surface area contributed by atoms with Gasteiger partial charge in [-0.2, -0.15) is 13.2 Å². The first-order valence-corrected chi connectivity index (χ1v) is 14.2. The molecular weight excluding hydrogens is 546 g/mol. The zero-order valence-corrected chi connectivity index (χ0v) is 23.2. The van der Waals surface area contributed by atoms with E-state index in [0.29, 0.717) is 24.4 Å². The highest BCUT2D eigenvalue weighted by Gasteiger charge is 2.41. The maximum atomic E-state index is 15.2. The van der Waals surface area contributed by atoms with Gasteiger partial charge in [0.15, 0.2) is 0 Å². The quantitative estimate of drug-likeness (QED) is 0.288. The molecule has 2 fully saturated rings. The molecule has 5 rings (SSSR count). The molecule has 2 aliphatic rings. The van der Waals surface area contributed by atoms with E-state index in [-0.39, 0.29) is 17.8 Å². The molecule has 0 aromatic heterocycles. The van der Waals surface area contributed by atoms with Crippen LogP contribution >= 0.6 is 0 Å². The monoisotopic (exact) mass is 584 g/mol. The molecule has 0 unspecified atom stereocenters. The van der Waals surface area contributed by atoms with Gasteiger partial charge >= 0.3 is 6.18 Å². The molecule has 3 aromatic carbocycles. The summed E-state index contributed by atoms with van der Waals surface area (Å²) in [5.74, 6) is -3.39. The predicted octanol–water partition coefficient (Wildman–Crippen LogP) is 8.05. The van der Waals surface area contributed by atoms with Gasteiger partial charge in [-0.15, -0.1) is 0 Å². The Labute approximate surface area is 247 Å². The lowest BCUT2D eigenvalue weighted by Crippen LogP contribution is -2.46. The van der Waals surface area contributed by atoms with Gasteiger partial charge in [-0.3, -0.25) is 9.59 Å². The Bertz CT molecular complexity index is 1550. The van der Waals surface area contributed by atoms with Crippen LogP contribution in [0.25, 0.3) is 0 Å². The zero-order valence-electron chi connectivity index (χ0n) is 26.2. The summed E-state index contributed by atoms with van der Waals surface area (Å²) in [6, 6.07) is 13.6. The SMILES string of the molecule is [2H]C([2H])([2H])c1cccc(F)c1C(=O)N1CCC[C@H](C(=O)Nc2ccc(C)c(C(F)(F)F)c2)[C@@H]1c1ccc(NC2CCCC2)cc1. The number of halogens is 4. The minimum Gasteiger partial charge on any atom is -0.382 e. The molecule has 0 spiro atoms. The Morgan fingerprint density at radius 1 is 0.929 bits per heavy atom. The third-order valence-corrected chi connectivity index (χ3v) is 8.24. The minimum atomic E-state index is -4.62. The Morgan fingerprint density at radius 2 is 1.64 bits per heavy atom. The van der Waals surface area contributed by atoms with E-state index >= 15 is 4.39 Å². The highest BCUT2D eigenvalue weighted by molar-refractivity contribution is 5.98. The second-order valence-electron chi connectivity index (χ2n) is 11.1. The molecule has 222 valence electrons. The fourth-order valence-corrected chi connectivity index (χ4v) is 6.12. The van der Waals surface area contributed by atoms with E-state index in [4.69, 9.17) is 4.11 Å². The topological polar surface area (TPSA) is 61.4 Å². The van der Waals surface area contributed by atoms with E-state index in [1.165, 1.54) is 36.1 Å². The van der Waals surface area contributed by atoms with Crippen LogP contribution in [0.2, 0.25) is 0 Å². The Balaban J connectivity index is 1.52. The molecule has 1 saturated carbocycles. The summed E-state index contributed by atoms with van der Waals surface area (Å²) in [7, 11) is 0. The predicted molar refractivity (Wildman–Crippen MR) is 155 cm³/mol. The van der Waals surface area contributed by atoms with Crippen molar-refractivity contribution in [1.82, 2.24) is 4.90 Å². The first-order chi connectivity index (χ1) is 21.2. The van der Waals surface area contributed by atoms with Gasteiger partial charge in [0, 0.05) is 28.1 Å². The van der Waals surface area contributed by atoms with Crippen molar-refractivity contribution in [2.45, 2.75) is 70.6 Å². The number of carbonyl (C=O) groups excluding carboxylic acids is 2. The molecule has 1 saturated heterocycles. The van der Waals surface area contributed by atoms with Crippen LogP contribution in [0.4, 0.5) is 28.9 Å². The number of piperidine rings is 1. The zero-order chi connectivity index (χ0) is 32.5. The third kappa shape index (κ3) is 6.30. The molecule has 2 N–H and O–H groups in total. The smallest absolute Gasteiger partial charge is 0.382 e. The molecule has 2 atom stereocenters. The van der Waals surface area contributed by atoms with E-state index in [2.05, 4.69) is 10.6 Å². The lowest BCUT2D eigenvalue weighted by molar-refractivity contribution is -0.138. The Hall–Kier alpha value is -3.88. The number of benzene rings is 3. The van der Waals surface area contributed by atoms with Crippen molar-refractivity contribution >= 4 is 23.2 Å². The molecule has 0 radical (unpaired) electrons. The number of aryl methyl sites for hydroxylation is 2. The van der Waals surface area contributed by atoms with Crippen LogP contribution in [0.5, 0.6) is 0 Å². The lowest BCUT2D eigenvalue weighted by atomic mass is 9.83. The molecule has 42 heavy (non-hydrogen) atoms. The van der Waals surface area contributed by atoms with Crippen molar-refractivity contribution < 1.29 is 31.3 Å². The maximum absolute atomic E-state index is 15.2. The largest absolute Gasteiger partial charge is 0.416 e. The molecule has 5 nitrogen and oxygen atoms in total. The van der Waals surface area contributed by atoms with Gasteiger partial charge in [-0.25, -0.2) is 4.39 Å². The summed E-state index contributed by atoms with van der Waals surface area (Å²) in [5, 5.41) is 6.09. The lowest BCUT2D eigenvalue weighted by Gasteiger charge is -2.41. The number of amides is 2. The van der Waals surface area contributed by atoms with Crippen molar-refractivity contribution in [2.75, 3.05) is 17.2 Å². The average molecular weight is 585 g/mol. The van der Waals surface area contributed by atoms with Gasteiger partial charge in [-0.1, -0.05) is 43.2 Å². The second kappa shape index (κ2) is 12.2. The van der Waals surface area contributed by atoms with Gasteiger partial charge < -0.3 is 15.5 Å². The molecule has 1 aliphatic heterocycles. The number of carbonyl (C=O) groups is 2. The fraction of sp³-hybridized carbons (Fsp3) is 0.394. The molecule has 9 heteroatoms. The van der Waals surface area contributed by atoms with Gasteiger partial charge in [-0.05, 0) is 86.5 Å². The summed E-state index contributed by atoms with van der Waals surface area (Å²) in [4.78, 5) is 29.2. The number of anilines is 2. The summed E-state index contributed by atoms with van der Waals surface area (Å²) in [6.07, 6.45) is 0.411. The number of nitrogens with zero attached hydrogens (tertiary/aromatic N) is 1. The van der Waals surface area contributed by atoms with Gasteiger partial charge in [0.05, 0.1) is 23.1 Å². The number of hydrogen-bond acceptors (Lipinski definition) is 3. The van der Waals surface area contributed by atoms with Crippen molar-refractivity contribution in [2.24, 2.45) is 5.92 Å². The van der Waals surface area contributed by atoms with Crippen LogP contribution in [0.1, 0.15) is 81.3 Å². The number of nitrogens with one attached hydrogen (secondary N) is 2.